The minimum absolute atomic E-state index is 0.0389. The standard InChI is InChI=1S/C28H28N4OS/c1-19(2)31-18-8-11-24(31)27-26(23-10-6-7-17-29-23)30-28(34)32(27)21-13-15-22(16-14-21)33-25-12-5-4-9-20(25)3/h4-19,26-27H,1-3H3,(H,30,34)/t26-,27+/m1/s1. The molecule has 34 heavy (non-hydrogen) atoms. The summed E-state index contributed by atoms with van der Waals surface area (Å²) in [5, 5.41) is 4.22. The van der Waals surface area contributed by atoms with E-state index in [4.69, 9.17) is 17.0 Å². The largest absolute Gasteiger partial charge is 0.457 e. The van der Waals surface area contributed by atoms with Crippen molar-refractivity contribution in [2.45, 2.75) is 38.9 Å². The van der Waals surface area contributed by atoms with Crippen LogP contribution in [0, 0.1) is 6.92 Å². The molecule has 2 aromatic heterocycles. The van der Waals surface area contributed by atoms with Gasteiger partial charge in [0.1, 0.15) is 17.5 Å². The van der Waals surface area contributed by atoms with Crippen molar-refractivity contribution < 1.29 is 4.74 Å². The monoisotopic (exact) mass is 468 g/mol. The molecule has 6 heteroatoms. The Labute approximate surface area is 206 Å². The van der Waals surface area contributed by atoms with E-state index in [0.29, 0.717) is 11.2 Å². The smallest absolute Gasteiger partial charge is 0.174 e. The Morgan fingerprint density at radius 1 is 0.941 bits per heavy atom. The minimum Gasteiger partial charge on any atom is -0.457 e. The van der Waals surface area contributed by atoms with E-state index in [9.17, 15) is 0 Å². The van der Waals surface area contributed by atoms with Crippen molar-refractivity contribution >= 4 is 23.0 Å². The van der Waals surface area contributed by atoms with Gasteiger partial charge in [-0.1, -0.05) is 24.3 Å². The van der Waals surface area contributed by atoms with E-state index in [1.807, 2.05) is 61.7 Å². The van der Waals surface area contributed by atoms with Crippen LogP contribution in [0.2, 0.25) is 0 Å². The van der Waals surface area contributed by atoms with Gasteiger partial charge in [0.2, 0.25) is 0 Å². The Bertz CT molecular complexity index is 1280. The molecule has 0 amide bonds. The number of rotatable bonds is 6. The Hall–Kier alpha value is -3.64. The molecule has 0 unspecified atom stereocenters. The predicted molar refractivity (Wildman–Crippen MR) is 140 cm³/mol. The maximum atomic E-state index is 6.11. The fourth-order valence-corrected chi connectivity index (χ4v) is 4.88. The summed E-state index contributed by atoms with van der Waals surface area (Å²) in [4.78, 5) is 6.84. The number of aromatic nitrogens is 2. The lowest BCUT2D eigenvalue weighted by Crippen LogP contribution is -2.30. The topological polar surface area (TPSA) is 42.3 Å². The molecule has 4 aromatic rings. The number of thiocarbonyl (C=S) groups is 1. The molecule has 3 heterocycles. The molecule has 0 aliphatic carbocycles. The Morgan fingerprint density at radius 3 is 2.41 bits per heavy atom. The van der Waals surface area contributed by atoms with Crippen molar-refractivity contribution in [3.63, 3.8) is 0 Å². The first-order valence-corrected chi connectivity index (χ1v) is 11.9. The summed E-state index contributed by atoms with van der Waals surface area (Å²) in [5.41, 5.74) is 4.27. The van der Waals surface area contributed by atoms with Crippen LogP contribution in [0.3, 0.4) is 0 Å². The van der Waals surface area contributed by atoms with Crippen LogP contribution in [-0.4, -0.2) is 14.7 Å². The number of benzene rings is 2. The number of ether oxygens (including phenoxy) is 1. The summed E-state index contributed by atoms with van der Waals surface area (Å²) >= 11 is 5.86. The Morgan fingerprint density at radius 2 is 1.71 bits per heavy atom. The van der Waals surface area contributed by atoms with Gasteiger partial charge in [0.05, 0.1) is 11.7 Å². The molecule has 0 bridgehead atoms. The lowest BCUT2D eigenvalue weighted by molar-refractivity contribution is 0.478. The van der Waals surface area contributed by atoms with Crippen LogP contribution in [-0.2, 0) is 0 Å². The van der Waals surface area contributed by atoms with E-state index in [0.717, 1.165) is 28.4 Å². The van der Waals surface area contributed by atoms with E-state index < -0.39 is 0 Å². The van der Waals surface area contributed by atoms with Gasteiger partial charge in [-0.3, -0.25) is 4.98 Å². The van der Waals surface area contributed by atoms with Crippen molar-refractivity contribution in [1.29, 1.82) is 0 Å². The van der Waals surface area contributed by atoms with Gasteiger partial charge in [-0.25, -0.2) is 0 Å². The average molecular weight is 469 g/mol. The SMILES string of the molecule is Cc1ccccc1Oc1ccc(N2C(=S)N[C@H](c3ccccn3)[C@@H]2c2cccn2C(C)C)cc1. The second-order valence-electron chi connectivity index (χ2n) is 8.79. The quantitative estimate of drug-likeness (QED) is 0.317. The molecule has 0 radical (unpaired) electrons. The number of nitrogens with one attached hydrogen (secondary N) is 1. The van der Waals surface area contributed by atoms with Crippen LogP contribution < -0.4 is 15.0 Å². The van der Waals surface area contributed by atoms with Gasteiger partial charge < -0.3 is 19.5 Å². The zero-order chi connectivity index (χ0) is 23.7. The van der Waals surface area contributed by atoms with Crippen molar-refractivity contribution in [3.05, 3.63) is 108 Å². The fraction of sp³-hybridized carbons (Fsp3) is 0.214. The molecule has 172 valence electrons. The number of hydrogen-bond donors (Lipinski definition) is 1. The summed E-state index contributed by atoms with van der Waals surface area (Å²) < 4.78 is 8.42. The zero-order valence-electron chi connectivity index (χ0n) is 19.6. The first kappa shape index (κ1) is 22.2. The second kappa shape index (κ2) is 9.31. The van der Waals surface area contributed by atoms with E-state index in [1.165, 1.54) is 5.69 Å². The van der Waals surface area contributed by atoms with Crippen LogP contribution in [0.15, 0.2) is 91.3 Å². The van der Waals surface area contributed by atoms with Crippen molar-refractivity contribution in [2.75, 3.05) is 4.90 Å². The van der Waals surface area contributed by atoms with Gasteiger partial charge in [-0.2, -0.15) is 0 Å². The van der Waals surface area contributed by atoms with Crippen molar-refractivity contribution in [3.8, 4) is 11.5 Å². The zero-order valence-corrected chi connectivity index (χ0v) is 20.4. The lowest BCUT2D eigenvalue weighted by Gasteiger charge is -2.30. The molecule has 2 atom stereocenters. The number of anilines is 1. The lowest BCUT2D eigenvalue weighted by atomic mass is 10.0. The Balaban J connectivity index is 1.51. The maximum Gasteiger partial charge on any atom is 0.174 e. The van der Waals surface area contributed by atoms with Gasteiger partial charge in [0, 0.05) is 29.8 Å². The molecule has 1 aliphatic rings. The minimum atomic E-state index is -0.0657. The van der Waals surface area contributed by atoms with E-state index >= 15 is 0 Å². The number of para-hydroxylation sites is 1. The summed E-state index contributed by atoms with van der Waals surface area (Å²) in [5.74, 6) is 1.65. The average Bonchev–Trinajstić information content (AvgIpc) is 3.46. The van der Waals surface area contributed by atoms with E-state index in [1.54, 1.807) is 0 Å². The third kappa shape index (κ3) is 4.17. The molecule has 1 fully saturated rings. The third-order valence-electron chi connectivity index (χ3n) is 6.21. The van der Waals surface area contributed by atoms with Crippen LogP contribution in [0.25, 0.3) is 0 Å². The highest BCUT2D eigenvalue weighted by molar-refractivity contribution is 7.80. The molecule has 5 nitrogen and oxygen atoms in total. The number of aryl methyl sites for hydroxylation is 1. The van der Waals surface area contributed by atoms with Gasteiger partial charge in [-0.15, -0.1) is 0 Å². The van der Waals surface area contributed by atoms with Crippen LogP contribution >= 0.6 is 12.2 Å². The summed E-state index contributed by atoms with van der Waals surface area (Å²) in [7, 11) is 0. The molecule has 1 saturated heterocycles. The summed E-state index contributed by atoms with van der Waals surface area (Å²) in [6, 6.07) is 26.7. The maximum absolute atomic E-state index is 6.11. The highest BCUT2D eigenvalue weighted by atomic mass is 32.1. The molecule has 1 N–H and O–H groups in total. The fourth-order valence-electron chi connectivity index (χ4n) is 4.53. The van der Waals surface area contributed by atoms with Gasteiger partial charge in [0.25, 0.3) is 0 Å². The normalized spacial score (nSPS) is 17.8. The number of nitrogens with zero attached hydrogens (tertiary/aromatic N) is 3. The molecular weight excluding hydrogens is 440 g/mol. The summed E-state index contributed by atoms with van der Waals surface area (Å²) in [6.45, 7) is 6.44. The molecular formula is C28H28N4OS. The highest BCUT2D eigenvalue weighted by Crippen LogP contribution is 2.42. The molecule has 0 saturated carbocycles. The predicted octanol–water partition coefficient (Wildman–Crippen LogP) is 6.74. The molecule has 0 spiro atoms. The number of pyridine rings is 1. The second-order valence-corrected chi connectivity index (χ2v) is 9.18. The van der Waals surface area contributed by atoms with Gasteiger partial charge in [0.15, 0.2) is 5.11 Å². The van der Waals surface area contributed by atoms with Gasteiger partial charge in [-0.05, 0) is 93.1 Å². The van der Waals surface area contributed by atoms with Gasteiger partial charge >= 0.3 is 0 Å². The van der Waals surface area contributed by atoms with Crippen LogP contribution in [0.5, 0.6) is 11.5 Å². The Kier molecular flexibility index (Phi) is 6.07. The highest BCUT2D eigenvalue weighted by Gasteiger charge is 2.42. The van der Waals surface area contributed by atoms with E-state index in [-0.39, 0.29) is 12.1 Å². The van der Waals surface area contributed by atoms with Crippen LogP contribution in [0.1, 0.15) is 48.9 Å². The molecule has 5 rings (SSSR count). The molecule has 2 aromatic carbocycles. The summed E-state index contributed by atoms with van der Waals surface area (Å²) in [6.07, 6.45) is 3.97. The number of hydrogen-bond acceptors (Lipinski definition) is 3. The van der Waals surface area contributed by atoms with Crippen LogP contribution in [0.4, 0.5) is 5.69 Å². The molecule has 1 aliphatic heterocycles. The van der Waals surface area contributed by atoms with E-state index in [2.05, 4.69) is 70.1 Å². The third-order valence-corrected chi connectivity index (χ3v) is 6.52. The van der Waals surface area contributed by atoms with Crippen molar-refractivity contribution in [1.82, 2.24) is 14.9 Å². The first-order valence-electron chi connectivity index (χ1n) is 11.5. The van der Waals surface area contributed by atoms with Crippen molar-refractivity contribution in [2.24, 2.45) is 0 Å². The first-order chi connectivity index (χ1) is 16.5.